The van der Waals surface area contributed by atoms with Crippen molar-refractivity contribution in [3.05, 3.63) is 53.4 Å². The van der Waals surface area contributed by atoms with Gasteiger partial charge in [-0.15, -0.1) is 0 Å². The Hall–Kier alpha value is -2.18. The largest absolute Gasteiger partial charge is 0.364 e. The molecular formula is C18H21N3O3. The van der Waals surface area contributed by atoms with Crippen molar-refractivity contribution < 1.29 is 14.1 Å². The van der Waals surface area contributed by atoms with Crippen LogP contribution in [-0.4, -0.2) is 41.8 Å². The van der Waals surface area contributed by atoms with Crippen molar-refractivity contribution in [3.63, 3.8) is 0 Å². The number of benzene rings is 1. The maximum atomic E-state index is 12.0. The third-order valence-corrected chi connectivity index (χ3v) is 4.92. The molecule has 0 saturated carbocycles. The third-order valence-electron chi connectivity index (χ3n) is 4.92. The maximum Gasteiger partial charge on any atom is 0.246 e. The third kappa shape index (κ3) is 2.72. The molecular weight excluding hydrogens is 306 g/mol. The Bertz CT molecular complexity index is 730. The van der Waals surface area contributed by atoms with Gasteiger partial charge in [0.15, 0.2) is 5.76 Å². The summed E-state index contributed by atoms with van der Waals surface area (Å²) in [5.41, 5.74) is 1.56. The second kappa shape index (κ2) is 6.03. The SMILES string of the molecule is Cc1cc(CN2CC[C@@]3(c4ccccc4)NC(=O)CO[C@@H]3C2)on1. The van der Waals surface area contributed by atoms with E-state index >= 15 is 0 Å². The number of nitrogens with zero attached hydrogens (tertiary/aromatic N) is 2. The van der Waals surface area contributed by atoms with Crippen LogP contribution in [-0.2, 0) is 21.6 Å². The van der Waals surface area contributed by atoms with Crippen LogP contribution in [0.1, 0.15) is 23.4 Å². The van der Waals surface area contributed by atoms with Gasteiger partial charge in [0.25, 0.3) is 0 Å². The first-order valence-electron chi connectivity index (χ1n) is 8.28. The number of likely N-dealkylation sites (tertiary alicyclic amines) is 1. The molecule has 0 bridgehead atoms. The lowest BCUT2D eigenvalue weighted by molar-refractivity contribution is -0.153. The molecule has 1 amide bonds. The van der Waals surface area contributed by atoms with Gasteiger partial charge >= 0.3 is 0 Å². The first-order valence-corrected chi connectivity index (χ1v) is 8.28. The molecule has 0 unspecified atom stereocenters. The van der Waals surface area contributed by atoms with Gasteiger partial charge in [-0.3, -0.25) is 9.69 Å². The minimum Gasteiger partial charge on any atom is -0.364 e. The highest BCUT2D eigenvalue weighted by atomic mass is 16.5. The Morgan fingerprint density at radius 2 is 2.21 bits per heavy atom. The molecule has 1 aromatic carbocycles. The van der Waals surface area contributed by atoms with Crippen LogP contribution >= 0.6 is 0 Å². The van der Waals surface area contributed by atoms with Crippen LogP contribution in [0.2, 0.25) is 0 Å². The summed E-state index contributed by atoms with van der Waals surface area (Å²) in [5, 5.41) is 7.16. The molecule has 126 valence electrons. The molecule has 0 aliphatic carbocycles. The van der Waals surface area contributed by atoms with Crippen LogP contribution in [0.4, 0.5) is 0 Å². The zero-order chi connectivity index (χ0) is 16.6. The smallest absolute Gasteiger partial charge is 0.246 e. The molecule has 2 aliphatic heterocycles. The van der Waals surface area contributed by atoms with E-state index in [2.05, 4.69) is 27.5 Å². The Balaban J connectivity index is 1.56. The van der Waals surface area contributed by atoms with Gasteiger partial charge < -0.3 is 14.6 Å². The van der Waals surface area contributed by atoms with Crippen molar-refractivity contribution in [2.24, 2.45) is 0 Å². The van der Waals surface area contributed by atoms with E-state index in [1.54, 1.807) is 0 Å². The van der Waals surface area contributed by atoms with Crippen molar-refractivity contribution >= 4 is 5.91 Å². The van der Waals surface area contributed by atoms with E-state index in [0.29, 0.717) is 6.54 Å². The number of carbonyl (C=O) groups excluding carboxylic acids is 1. The average molecular weight is 327 g/mol. The minimum atomic E-state index is -0.440. The number of rotatable bonds is 3. The highest BCUT2D eigenvalue weighted by Gasteiger charge is 2.49. The standard InChI is InChI=1S/C18H21N3O3/c1-13-9-15(24-20-13)10-21-8-7-18(14-5-3-2-4-6-14)16(11-21)23-12-17(22)19-18/h2-6,9,16H,7-8,10-12H2,1H3,(H,19,22)/t16-,18+/m1/s1. The number of morpholine rings is 1. The highest BCUT2D eigenvalue weighted by molar-refractivity contribution is 5.79. The van der Waals surface area contributed by atoms with E-state index < -0.39 is 5.54 Å². The zero-order valence-corrected chi connectivity index (χ0v) is 13.7. The van der Waals surface area contributed by atoms with E-state index in [4.69, 9.17) is 9.26 Å². The van der Waals surface area contributed by atoms with E-state index in [1.165, 1.54) is 0 Å². The summed E-state index contributed by atoms with van der Waals surface area (Å²) < 4.78 is 11.3. The average Bonchev–Trinajstić information content (AvgIpc) is 3.01. The molecule has 6 heteroatoms. The van der Waals surface area contributed by atoms with Gasteiger partial charge in [0.2, 0.25) is 5.91 Å². The molecule has 0 radical (unpaired) electrons. The summed E-state index contributed by atoms with van der Waals surface area (Å²) in [6.45, 7) is 4.35. The number of hydrogen-bond acceptors (Lipinski definition) is 5. The number of carbonyl (C=O) groups is 1. The maximum absolute atomic E-state index is 12.0. The Morgan fingerprint density at radius 1 is 1.38 bits per heavy atom. The Labute approximate surface area is 140 Å². The summed E-state index contributed by atoms with van der Waals surface area (Å²) in [6, 6.07) is 12.1. The Kier molecular flexibility index (Phi) is 3.86. The fourth-order valence-electron chi connectivity index (χ4n) is 3.77. The number of fused-ring (bicyclic) bond motifs is 1. The summed E-state index contributed by atoms with van der Waals surface area (Å²) in [6.07, 6.45) is 0.732. The second-order valence-corrected chi connectivity index (χ2v) is 6.60. The quantitative estimate of drug-likeness (QED) is 0.927. The molecule has 24 heavy (non-hydrogen) atoms. The predicted molar refractivity (Wildman–Crippen MR) is 87.1 cm³/mol. The van der Waals surface area contributed by atoms with E-state index in [0.717, 1.165) is 36.5 Å². The lowest BCUT2D eigenvalue weighted by atomic mass is 9.77. The van der Waals surface area contributed by atoms with Gasteiger partial charge in [-0.25, -0.2) is 0 Å². The van der Waals surface area contributed by atoms with E-state index in [9.17, 15) is 4.79 Å². The van der Waals surface area contributed by atoms with Crippen molar-refractivity contribution in [2.45, 2.75) is 31.5 Å². The first-order chi connectivity index (χ1) is 11.7. The van der Waals surface area contributed by atoms with Gasteiger partial charge in [0.05, 0.1) is 23.9 Å². The van der Waals surface area contributed by atoms with Gasteiger partial charge in [0.1, 0.15) is 6.61 Å². The summed E-state index contributed by atoms with van der Waals surface area (Å²) in [5.74, 6) is 0.814. The number of nitrogens with one attached hydrogen (secondary N) is 1. The fourth-order valence-corrected chi connectivity index (χ4v) is 3.77. The number of hydrogen-bond donors (Lipinski definition) is 1. The van der Waals surface area contributed by atoms with Crippen molar-refractivity contribution in [3.8, 4) is 0 Å². The van der Waals surface area contributed by atoms with Gasteiger partial charge in [-0.05, 0) is 18.9 Å². The lowest BCUT2D eigenvalue weighted by Gasteiger charge is -2.50. The molecule has 2 atom stereocenters. The molecule has 1 N–H and O–H groups in total. The number of piperidine rings is 1. The van der Waals surface area contributed by atoms with Crippen LogP contribution < -0.4 is 5.32 Å². The summed E-state index contributed by atoms with van der Waals surface area (Å²) >= 11 is 0. The molecule has 2 aromatic rings. The van der Waals surface area contributed by atoms with Gasteiger partial charge in [-0.2, -0.15) is 0 Å². The zero-order valence-electron chi connectivity index (χ0n) is 13.7. The van der Waals surface area contributed by atoms with Crippen LogP contribution in [0.15, 0.2) is 40.9 Å². The molecule has 4 rings (SSSR count). The molecule has 0 spiro atoms. The normalized spacial score (nSPS) is 27.5. The monoisotopic (exact) mass is 327 g/mol. The van der Waals surface area contributed by atoms with Crippen LogP contribution in [0, 0.1) is 6.92 Å². The minimum absolute atomic E-state index is 0.0468. The van der Waals surface area contributed by atoms with Crippen LogP contribution in [0.5, 0.6) is 0 Å². The summed E-state index contributed by atoms with van der Waals surface area (Å²) in [4.78, 5) is 14.3. The van der Waals surface area contributed by atoms with Crippen LogP contribution in [0.3, 0.4) is 0 Å². The van der Waals surface area contributed by atoms with E-state index in [1.807, 2.05) is 31.2 Å². The van der Waals surface area contributed by atoms with Crippen molar-refractivity contribution in [1.29, 1.82) is 0 Å². The number of ether oxygens (including phenoxy) is 1. The van der Waals surface area contributed by atoms with Crippen LogP contribution in [0.25, 0.3) is 0 Å². The van der Waals surface area contributed by atoms with Gasteiger partial charge in [-0.1, -0.05) is 35.5 Å². The van der Waals surface area contributed by atoms with Crippen molar-refractivity contribution in [1.82, 2.24) is 15.4 Å². The molecule has 2 fully saturated rings. The Morgan fingerprint density at radius 3 is 2.96 bits per heavy atom. The molecule has 3 heterocycles. The molecule has 2 aliphatic rings. The number of aromatic nitrogens is 1. The highest BCUT2D eigenvalue weighted by Crippen LogP contribution is 2.37. The molecule has 2 saturated heterocycles. The first kappa shape index (κ1) is 15.4. The predicted octanol–water partition coefficient (Wildman–Crippen LogP) is 1.60. The molecule has 1 aromatic heterocycles. The molecule has 6 nitrogen and oxygen atoms in total. The summed E-state index contributed by atoms with van der Waals surface area (Å²) in [7, 11) is 0. The second-order valence-electron chi connectivity index (χ2n) is 6.60. The van der Waals surface area contributed by atoms with Crippen molar-refractivity contribution in [2.75, 3.05) is 19.7 Å². The number of amides is 1. The lowest BCUT2D eigenvalue weighted by Crippen LogP contribution is -2.66. The fraction of sp³-hybridized carbons (Fsp3) is 0.444. The van der Waals surface area contributed by atoms with E-state index in [-0.39, 0.29) is 18.6 Å². The number of aryl methyl sites for hydroxylation is 1. The van der Waals surface area contributed by atoms with Gasteiger partial charge in [0, 0.05) is 19.2 Å². The topological polar surface area (TPSA) is 67.6 Å².